The number of nitriles is 1. The van der Waals surface area contributed by atoms with Gasteiger partial charge in [0.1, 0.15) is 18.4 Å². The third-order valence-electron chi connectivity index (χ3n) is 5.37. The Morgan fingerprint density at radius 2 is 2.00 bits per heavy atom. The quantitative estimate of drug-likeness (QED) is 0.379. The molecule has 0 bridgehead atoms. The molecule has 32 heavy (non-hydrogen) atoms. The minimum Gasteiger partial charge on any atom is -0.492 e. The van der Waals surface area contributed by atoms with Gasteiger partial charge in [0, 0.05) is 52.9 Å². The summed E-state index contributed by atoms with van der Waals surface area (Å²) in [6.45, 7) is 3.44. The second-order valence-corrected chi connectivity index (χ2v) is 8.22. The molecule has 0 aliphatic carbocycles. The number of hydrogen-bond donors (Lipinski definition) is 2. The predicted molar refractivity (Wildman–Crippen MR) is 130 cm³/mol. The molecule has 4 aromatic rings. The monoisotopic (exact) mass is 445 g/mol. The molecule has 0 saturated heterocycles. The van der Waals surface area contributed by atoms with Crippen molar-refractivity contribution in [2.45, 2.75) is 6.92 Å². The van der Waals surface area contributed by atoms with Crippen molar-refractivity contribution < 1.29 is 4.74 Å². The molecule has 7 heteroatoms. The van der Waals surface area contributed by atoms with Crippen molar-refractivity contribution in [1.29, 1.82) is 5.26 Å². The van der Waals surface area contributed by atoms with E-state index in [-0.39, 0.29) is 0 Å². The van der Waals surface area contributed by atoms with Crippen LogP contribution in [0.15, 0.2) is 55.0 Å². The lowest BCUT2D eigenvalue weighted by Gasteiger charge is -2.17. The number of H-pyrrole nitrogens is 1. The highest BCUT2D eigenvalue weighted by Crippen LogP contribution is 2.39. The zero-order valence-corrected chi connectivity index (χ0v) is 19.0. The molecule has 2 heterocycles. The molecule has 0 spiro atoms. The van der Waals surface area contributed by atoms with Gasteiger partial charge in [0.25, 0.3) is 0 Å². The number of aromatic nitrogens is 2. The maximum Gasteiger partial charge on any atom is 0.120 e. The lowest BCUT2D eigenvalue weighted by molar-refractivity contribution is 0.261. The number of pyridine rings is 1. The van der Waals surface area contributed by atoms with Crippen LogP contribution in [-0.4, -0.2) is 42.1 Å². The van der Waals surface area contributed by atoms with Crippen LogP contribution in [0.4, 0.5) is 11.4 Å². The molecule has 0 amide bonds. The lowest BCUT2D eigenvalue weighted by atomic mass is 10.0. The van der Waals surface area contributed by atoms with E-state index in [1.165, 1.54) is 0 Å². The van der Waals surface area contributed by atoms with Crippen LogP contribution in [0.2, 0.25) is 5.02 Å². The average molecular weight is 446 g/mol. The number of fused-ring (bicyclic) bond motifs is 1. The fourth-order valence-electron chi connectivity index (χ4n) is 3.59. The number of ether oxygens (including phenoxy) is 1. The highest BCUT2D eigenvalue weighted by Gasteiger charge is 2.16. The van der Waals surface area contributed by atoms with Gasteiger partial charge in [0.05, 0.1) is 16.3 Å². The molecule has 2 aromatic heterocycles. The second-order valence-electron chi connectivity index (χ2n) is 7.82. The van der Waals surface area contributed by atoms with Gasteiger partial charge < -0.3 is 19.9 Å². The van der Waals surface area contributed by atoms with E-state index in [0.29, 0.717) is 28.6 Å². The second kappa shape index (κ2) is 9.31. The third-order valence-corrected chi connectivity index (χ3v) is 5.68. The van der Waals surface area contributed by atoms with Crippen molar-refractivity contribution in [3.8, 4) is 22.9 Å². The van der Waals surface area contributed by atoms with Crippen molar-refractivity contribution in [3.63, 3.8) is 0 Å². The molecule has 0 radical (unpaired) electrons. The molecule has 0 unspecified atom stereocenters. The Bertz CT molecular complexity index is 1310. The first-order valence-electron chi connectivity index (χ1n) is 10.3. The summed E-state index contributed by atoms with van der Waals surface area (Å²) in [5.74, 6) is 0.702. The van der Waals surface area contributed by atoms with E-state index in [1.807, 2.05) is 50.6 Å². The van der Waals surface area contributed by atoms with E-state index in [4.69, 9.17) is 16.3 Å². The van der Waals surface area contributed by atoms with Gasteiger partial charge >= 0.3 is 0 Å². The summed E-state index contributed by atoms with van der Waals surface area (Å²) in [5.41, 5.74) is 5.71. The molecule has 6 nitrogen and oxygen atoms in total. The summed E-state index contributed by atoms with van der Waals surface area (Å²) in [5, 5.41) is 14.9. The third kappa shape index (κ3) is 4.40. The largest absolute Gasteiger partial charge is 0.492 e. The van der Waals surface area contributed by atoms with E-state index >= 15 is 0 Å². The zero-order valence-electron chi connectivity index (χ0n) is 18.2. The molecule has 0 aliphatic heterocycles. The Morgan fingerprint density at radius 1 is 1.16 bits per heavy atom. The topological polar surface area (TPSA) is 77.0 Å². The maximum atomic E-state index is 9.74. The summed E-state index contributed by atoms with van der Waals surface area (Å²) < 4.78 is 5.80. The van der Waals surface area contributed by atoms with Gasteiger partial charge in [-0.05, 0) is 63.0 Å². The standard InChI is InChI=1S/C25H24ClN5O/c1-16-19-8-9-29-24(19)7-6-23(16)30-25-17(13-27)14-28-15-21(25)20-5-4-18(12-22(20)26)32-11-10-31(2)3/h4-9,12,14-15,29H,10-11H2,1-3H3,(H,28,30). The van der Waals surface area contributed by atoms with E-state index in [0.717, 1.165) is 39.8 Å². The van der Waals surface area contributed by atoms with Crippen molar-refractivity contribution >= 4 is 33.9 Å². The minimum atomic E-state index is 0.443. The van der Waals surface area contributed by atoms with Crippen molar-refractivity contribution in [2.24, 2.45) is 0 Å². The number of likely N-dealkylation sites (N-methyl/N-ethyl adjacent to an activating group) is 1. The maximum absolute atomic E-state index is 9.74. The molecule has 0 fully saturated rings. The molecule has 0 saturated carbocycles. The SMILES string of the molecule is Cc1c(Nc2c(C#N)cncc2-c2ccc(OCCN(C)C)cc2Cl)ccc2[nH]ccc12. The van der Waals surface area contributed by atoms with Crippen LogP contribution in [0.5, 0.6) is 5.75 Å². The lowest BCUT2D eigenvalue weighted by Crippen LogP contribution is -2.19. The van der Waals surface area contributed by atoms with Crippen molar-refractivity contribution in [2.75, 3.05) is 32.6 Å². The first-order chi connectivity index (χ1) is 15.5. The number of aromatic amines is 1. The van der Waals surface area contributed by atoms with E-state index < -0.39 is 0 Å². The summed E-state index contributed by atoms with van der Waals surface area (Å²) in [6.07, 6.45) is 5.20. The smallest absolute Gasteiger partial charge is 0.120 e. The van der Waals surface area contributed by atoms with Crippen LogP contribution in [0, 0.1) is 18.3 Å². The molecule has 2 aromatic carbocycles. The molecular formula is C25H24ClN5O. The first-order valence-corrected chi connectivity index (χ1v) is 10.6. The molecule has 162 valence electrons. The number of nitrogens with zero attached hydrogens (tertiary/aromatic N) is 3. The Hall–Kier alpha value is -3.53. The van der Waals surface area contributed by atoms with Crippen molar-refractivity contribution in [3.05, 3.63) is 71.1 Å². The fraction of sp³-hybridized carbons (Fsp3) is 0.200. The summed E-state index contributed by atoms with van der Waals surface area (Å²) in [6, 6.07) is 13.9. The highest BCUT2D eigenvalue weighted by molar-refractivity contribution is 6.33. The minimum absolute atomic E-state index is 0.443. The van der Waals surface area contributed by atoms with Crippen LogP contribution in [0.1, 0.15) is 11.1 Å². The summed E-state index contributed by atoms with van der Waals surface area (Å²) in [7, 11) is 4.00. The Kier molecular flexibility index (Phi) is 6.31. The normalized spacial score (nSPS) is 11.0. The highest BCUT2D eigenvalue weighted by atomic mass is 35.5. The molecule has 0 atom stereocenters. The van der Waals surface area contributed by atoms with Crippen LogP contribution < -0.4 is 10.1 Å². The number of nitrogens with one attached hydrogen (secondary N) is 2. The van der Waals surface area contributed by atoms with Crippen molar-refractivity contribution in [1.82, 2.24) is 14.9 Å². The van der Waals surface area contributed by atoms with Crippen LogP contribution >= 0.6 is 11.6 Å². The number of hydrogen-bond acceptors (Lipinski definition) is 5. The summed E-state index contributed by atoms with van der Waals surface area (Å²) >= 11 is 6.64. The van der Waals surface area contributed by atoms with Crippen LogP contribution in [-0.2, 0) is 0 Å². The van der Waals surface area contributed by atoms with E-state index in [9.17, 15) is 5.26 Å². The van der Waals surface area contributed by atoms with Gasteiger partial charge in [0.15, 0.2) is 0 Å². The Balaban J connectivity index is 1.71. The first kappa shape index (κ1) is 21.7. The van der Waals surface area contributed by atoms with E-state index in [1.54, 1.807) is 18.5 Å². The number of benzene rings is 2. The number of anilines is 2. The number of rotatable bonds is 7. The number of aryl methyl sites for hydroxylation is 1. The van der Waals surface area contributed by atoms with Gasteiger partial charge in [0.2, 0.25) is 0 Å². The molecule has 2 N–H and O–H groups in total. The number of halogens is 1. The molecule has 4 rings (SSSR count). The fourth-order valence-corrected chi connectivity index (χ4v) is 3.86. The summed E-state index contributed by atoms with van der Waals surface area (Å²) in [4.78, 5) is 9.55. The van der Waals surface area contributed by atoms with Crippen LogP contribution in [0.3, 0.4) is 0 Å². The molecule has 0 aliphatic rings. The van der Waals surface area contributed by atoms with Crippen LogP contribution in [0.25, 0.3) is 22.0 Å². The van der Waals surface area contributed by atoms with Gasteiger partial charge in [-0.2, -0.15) is 5.26 Å². The van der Waals surface area contributed by atoms with Gasteiger partial charge in [-0.15, -0.1) is 0 Å². The zero-order chi connectivity index (χ0) is 22.7. The van der Waals surface area contributed by atoms with E-state index in [2.05, 4.69) is 33.2 Å². The van der Waals surface area contributed by atoms with Gasteiger partial charge in [-0.25, -0.2) is 0 Å². The Labute approximate surface area is 192 Å². The van der Waals surface area contributed by atoms with Gasteiger partial charge in [-0.3, -0.25) is 4.98 Å². The average Bonchev–Trinajstić information content (AvgIpc) is 3.25. The Morgan fingerprint density at radius 3 is 2.75 bits per heavy atom. The molecular weight excluding hydrogens is 422 g/mol. The van der Waals surface area contributed by atoms with Gasteiger partial charge in [-0.1, -0.05) is 11.6 Å². The predicted octanol–water partition coefficient (Wildman–Crippen LogP) is 5.75.